The number of aliphatic hydroxyl groups is 3. The first-order valence-corrected chi connectivity index (χ1v) is 40.0. The number of ether oxygens (including phenoxy) is 3. The Morgan fingerprint density at radius 1 is 0.639 bits per heavy atom. The molecule has 4 aromatic rings. The van der Waals surface area contributed by atoms with Crippen molar-refractivity contribution in [2.45, 2.75) is 281 Å². The van der Waals surface area contributed by atoms with Crippen LogP contribution in [0.25, 0.3) is 0 Å². The molecule has 37 heteroatoms. The molecular weight excluding hydrogens is 1680 g/mol. The van der Waals surface area contributed by atoms with Crippen LogP contribution >= 0.6 is 12.4 Å². The third-order valence-electron chi connectivity index (χ3n) is 20.1. The average molecular weight is 1800 g/mol. The number of nitrogens with two attached hydrogens (primary N) is 1. The molecule has 4 saturated heterocycles. The van der Waals surface area contributed by atoms with Gasteiger partial charge in [0.25, 0.3) is 6.47 Å². The Morgan fingerprint density at radius 2 is 1.05 bits per heavy atom. The van der Waals surface area contributed by atoms with Gasteiger partial charge in [0.2, 0.25) is 11.8 Å². The van der Waals surface area contributed by atoms with Crippen LogP contribution in [0.15, 0.2) is 85.2 Å². The number of carboxylic acids is 2. The van der Waals surface area contributed by atoms with Gasteiger partial charge in [0.15, 0.2) is 5.78 Å². The van der Waals surface area contributed by atoms with Crippen LogP contribution in [-0.2, 0) is 69.9 Å². The van der Waals surface area contributed by atoms with Crippen LogP contribution < -0.4 is 78.2 Å². The van der Waals surface area contributed by atoms with Gasteiger partial charge in [-0.3, -0.25) is 43.8 Å². The largest absolute Gasteiger partial charge is 2.00 e. The summed E-state index contributed by atoms with van der Waals surface area (Å²) in [6.45, 7) is 31.3. The molecular formula is C82H121BrClF2MgN10NaO20S. The Kier molecular flexibility index (Phi) is 44.4. The fraction of sp³-hybridized carbons (Fsp3) is 0.610. The smallest absolute Gasteiger partial charge is 1.00 e. The molecule has 5 amide bonds. The van der Waals surface area contributed by atoms with Gasteiger partial charge < -0.3 is 95.5 Å². The van der Waals surface area contributed by atoms with Gasteiger partial charge in [-0.25, -0.2) is 41.7 Å². The van der Waals surface area contributed by atoms with Crippen molar-refractivity contribution < 1.29 is 153 Å². The van der Waals surface area contributed by atoms with Gasteiger partial charge >= 0.3 is 82.8 Å². The zero-order valence-electron chi connectivity index (χ0n) is 71.6. The predicted molar refractivity (Wildman–Crippen MR) is 437 cm³/mol. The number of carbonyl (C=O) groups is 9. The van der Waals surface area contributed by atoms with E-state index in [1.807, 2.05) is 64.1 Å². The molecule has 10 rings (SSSR count). The van der Waals surface area contributed by atoms with Crippen molar-refractivity contribution in [1.82, 2.24) is 34.7 Å². The predicted octanol–water partition coefficient (Wildman–Crippen LogP) is 4.05. The third-order valence-corrected chi connectivity index (χ3v) is 21.7. The van der Waals surface area contributed by atoms with Crippen LogP contribution in [0.2, 0.25) is 0 Å². The molecule has 2 aromatic carbocycles. The first-order chi connectivity index (χ1) is 53.5. The monoisotopic (exact) mass is 1800 g/mol. The first-order valence-electron chi connectivity index (χ1n) is 38.8. The second-order valence-corrected chi connectivity index (χ2v) is 35.9. The molecule has 5 unspecified atom stereocenters. The molecule has 4 aliphatic heterocycles. The minimum atomic E-state index is -1.51. The van der Waals surface area contributed by atoms with Crippen molar-refractivity contribution in [2.75, 3.05) is 36.8 Å². The fourth-order valence-corrected chi connectivity index (χ4v) is 14.0. The number of carbonyl (C=O) groups excluding carboxylic acids is 7. The third kappa shape index (κ3) is 33.4. The van der Waals surface area contributed by atoms with Crippen LogP contribution in [-0.4, -0.2) is 220 Å². The number of pyridine rings is 2. The number of carboxylic acid groups (broad SMARTS) is 2. The number of ketones is 1. The quantitative estimate of drug-likeness (QED) is 0.0132. The molecule has 10 atom stereocenters. The Morgan fingerprint density at radius 3 is 1.45 bits per heavy atom. The van der Waals surface area contributed by atoms with E-state index in [1.54, 1.807) is 120 Å². The van der Waals surface area contributed by atoms with Gasteiger partial charge in [0, 0.05) is 44.6 Å². The van der Waals surface area contributed by atoms with Crippen molar-refractivity contribution in [2.24, 2.45) is 17.6 Å². The zero-order valence-corrected chi connectivity index (χ0v) is 78.2. The van der Waals surface area contributed by atoms with E-state index in [0.29, 0.717) is 73.7 Å². The van der Waals surface area contributed by atoms with Gasteiger partial charge in [-0.1, -0.05) is 70.7 Å². The maximum atomic E-state index is 15.4. The van der Waals surface area contributed by atoms with Crippen molar-refractivity contribution >= 4 is 112 Å². The van der Waals surface area contributed by atoms with Gasteiger partial charge in [0.1, 0.15) is 46.6 Å². The van der Waals surface area contributed by atoms with Crippen molar-refractivity contribution in [3.63, 3.8) is 0 Å². The van der Waals surface area contributed by atoms with E-state index in [2.05, 4.69) is 42.5 Å². The number of halogens is 4. The second kappa shape index (κ2) is 47.6. The SMILES string of the molecule is CC(C)(C)OC(=O)N1CC(=O)C[C@@H]1C(=O)O.CCC1(O)CN[C@@H](C(=O)Nc2cc(C(N)(CCC3CC3)c3ccccn3)ccc2F)C1.CCC1(O)C[C@H](C(=O)Nc2cc(C(CCC3CC3)(N[S@](=O)C(C)(C)C)c3ccccn3)ccc2F)N(C(=O)OC(C)(C)C)C1.CCC1(O)C[C@H](C(=O)O)N(C(=O)OC(C)(C)C)C1.Cl.O=CO[O-].[Br-].[CH2-]C.[Mg+2].[Na+]. The Labute approximate surface area is 755 Å². The maximum absolute atomic E-state index is 15.4. The number of aromatic nitrogens is 2. The minimum absolute atomic E-state index is 0. The van der Waals surface area contributed by atoms with Gasteiger partial charge in [-0.05, 0) is 200 Å². The molecule has 0 spiro atoms. The number of Topliss-reactive ketones (excluding diaryl/α,β-unsaturated/α-hetero) is 1. The fourth-order valence-electron chi connectivity index (χ4n) is 13.1. The van der Waals surface area contributed by atoms with Crippen LogP contribution in [0, 0.1) is 30.4 Å². The molecule has 11 N–H and O–H groups in total. The maximum Gasteiger partial charge on any atom is 2.00 e. The second-order valence-electron chi connectivity index (χ2n) is 33.9. The topological polar surface area (TPSA) is 441 Å². The number of likely N-dealkylation sites (tertiary alicyclic amines) is 3. The zero-order chi connectivity index (χ0) is 86.6. The number of hydrogen-bond donors (Lipinski definition) is 10. The summed E-state index contributed by atoms with van der Waals surface area (Å²) in [6.07, 6.45) is 10.5. The molecule has 2 aromatic heterocycles. The Bertz CT molecular complexity index is 4020. The molecule has 6 fully saturated rings. The van der Waals surface area contributed by atoms with Crippen LogP contribution in [0.5, 0.6) is 0 Å². The summed E-state index contributed by atoms with van der Waals surface area (Å²) in [5.74, 6) is -3.50. The Hall–Kier alpha value is -6.16. The number of nitrogens with one attached hydrogen (secondary N) is 4. The number of amides is 5. The van der Waals surface area contributed by atoms with Crippen LogP contribution in [0.1, 0.15) is 230 Å². The molecule has 119 heavy (non-hydrogen) atoms. The average Bonchev–Trinajstić information content (AvgIpc) is 1.69. The number of anilines is 2. The van der Waals surface area contributed by atoms with E-state index in [0.717, 1.165) is 41.2 Å². The number of nitrogens with zero attached hydrogens (tertiary/aromatic N) is 5. The van der Waals surface area contributed by atoms with Gasteiger partial charge in [-0.2, -0.15) is 6.92 Å². The molecule has 6 aliphatic rings. The standard InChI is InChI=1S/C33H47FN4O5S.C24H31FN4O2.C12H21NO5.C10H15NO5.C2H5.CH2O3.BrH.ClH.Mg.Na/c1-8-32(41)20-26(38(21-32)29(40)43-30(2,3)4)28(39)36-25-19-23(14-15-24(25)34)33(17-16-22-12-13-22,27-11-9-10-18-35-27)37-44(42)31(5,6)7;1-2-23(31)14-20(28-15-23)22(30)29-19-13-17(8-9-18(19)25)24(26,11-10-16-6-7-16)21-5-3-4-12-27-21;1-5-12(17)6-8(9(14)15)13(7-12)10(16)18-11(2,3)4;1-10(2,3)16-9(15)11-5-6(12)4-7(11)8(13)14;1-2;2-1-4-3;;;;/h9-11,14-15,18-19,22,26,37,41H,8,12-13,16-17,20-21H2,1-7H3,(H,36,39);3-5,8-9,12-13,16,20,28,31H,2,6-7,10-11,14-15,26H2,1H3,(H,29,30);8,17H,5-7H2,1-4H3,(H,14,15);7H,4-5H2,1-3H3,(H,13,14);1H2,2H3;1,3H;2*1H;;/q;;;;-1;;;;+2;+1/p-2/t26-,32?,33?,44-;20-,23?,24?;8-,12?;7-;;;;;;/m1111....../s1. The van der Waals surface area contributed by atoms with Gasteiger partial charge in [0.05, 0.1) is 92.1 Å². The number of hydrogen-bond acceptors (Lipinski definition) is 22. The van der Waals surface area contributed by atoms with Gasteiger partial charge in [-0.15, -0.1) is 12.4 Å². The number of benzene rings is 2. The number of aliphatic carboxylic acids is 2. The van der Waals surface area contributed by atoms with Crippen molar-refractivity contribution in [1.29, 1.82) is 0 Å². The summed E-state index contributed by atoms with van der Waals surface area (Å²) in [4.78, 5) is 120. The number of rotatable bonds is 22. The van der Waals surface area contributed by atoms with E-state index in [9.17, 15) is 62.3 Å². The van der Waals surface area contributed by atoms with Crippen LogP contribution in [0.4, 0.5) is 34.5 Å². The summed E-state index contributed by atoms with van der Waals surface area (Å²) in [6, 6.07) is 16.5. The molecule has 0 bridgehead atoms. The Balaban J connectivity index is 0.000000822. The molecule has 30 nitrogen and oxygen atoms in total. The molecule has 656 valence electrons. The van der Waals surface area contributed by atoms with E-state index in [1.165, 1.54) is 29.9 Å². The molecule has 2 aliphatic carbocycles. The summed E-state index contributed by atoms with van der Waals surface area (Å²) < 4.78 is 62.1. The van der Waals surface area contributed by atoms with E-state index in [4.69, 9.17) is 40.2 Å². The van der Waals surface area contributed by atoms with Crippen molar-refractivity contribution in [3.05, 3.63) is 126 Å². The molecule has 0 radical (unpaired) electrons. The van der Waals surface area contributed by atoms with E-state index < -0.39 is 132 Å². The summed E-state index contributed by atoms with van der Waals surface area (Å²) in [7, 11) is -1.51. The molecule has 2 saturated carbocycles. The summed E-state index contributed by atoms with van der Waals surface area (Å²) in [5, 5.41) is 66.3. The number of β-amino-alcohol motifs (C(OH)–C–C–N with tert-alkyl or cyclic N) is 3. The molecule has 6 heterocycles. The first kappa shape index (κ1) is 111. The van der Waals surface area contributed by atoms with Crippen LogP contribution in [0.3, 0.4) is 0 Å². The minimum Gasteiger partial charge on any atom is -1.00 e. The van der Waals surface area contributed by atoms with Crippen molar-refractivity contribution in [3.8, 4) is 0 Å². The summed E-state index contributed by atoms with van der Waals surface area (Å²) in [5.41, 5.74) is 2.17. The van der Waals surface area contributed by atoms with E-state index in [-0.39, 0.29) is 150 Å². The normalized spacial score (nSPS) is 22.3. The van der Waals surface area contributed by atoms with E-state index >= 15 is 4.39 Å². The summed E-state index contributed by atoms with van der Waals surface area (Å²) >= 11 is 0.